The lowest BCUT2D eigenvalue weighted by molar-refractivity contribution is 0.132. The van der Waals surface area contributed by atoms with Crippen LogP contribution >= 0.6 is 0 Å². The number of anilines is 1. The zero-order chi connectivity index (χ0) is 6.81. The lowest BCUT2D eigenvalue weighted by Crippen LogP contribution is -2.03. The molecule has 2 N–H and O–H groups in total. The first-order valence-electron chi connectivity index (χ1n) is 3.30. The molecule has 0 saturated heterocycles. The standard InChI is InChI=1S/C6H9N3O/c1-2-10-4-6-5(7-1)3-8-9-6/h3,7H,1-2,4H2,(H,8,9). The van der Waals surface area contributed by atoms with E-state index >= 15 is 0 Å². The molecule has 0 unspecified atom stereocenters. The van der Waals surface area contributed by atoms with Gasteiger partial charge in [-0.3, -0.25) is 5.10 Å². The van der Waals surface area contributed by atoms with E-state index < -0.39 is 0 Å². The second kappa shape index (κ2) is 2.30. The number of aromatic nitrogens is 2. The van der Waals surface area contributed by atoms with E-state index in [1.165, 1.54) is 0 Å². The van der Waals surface area contributed by atoms with Crippen LogP contribution in [-0.4, -0.2) is 23.3 Å². The normalized spacial score (nSPS) is 17.2. The molecule has 0 aliphatic carbocycles. The fraction of sp³-hybridized carbons (Fsp3) is 0.500. The van der Waals surface area contributed by atoms with Crippen LogP contribution in [0.1, 0.15) is 5.69 Å². The summed E-state index contributed by atoms with van der Waals surface area (Å²) in [5.41, 5.74) is 2.11. The van der Waals surface area contributed by atoms with Crippen molar-refractivity contribution in [2.24, 2.45) is 0 Å². The van der Waals surface area contributed by atoms with Crippen molar-refractivity contribution in [1.82, 2.24) is 10.2 Å². The van der Waals surface area contributed by atoms with Gasteiger partial charge in [0.15, 0.2) is 0 Å². The highest BCUT2D eigenvalue weighted by molar-refractivity contribution is 5.45. The molecule has 54 valence electrons. The number of aromatic amines is 1. The van der Waals surface area contributed by atoms with Gasteiger partial charge in [-0.2, -0.15) is 5.10 Å². The van der Waals surface area contributed by atoms with Crippen molar-refractivity contribution in [3.63, 3.8) is 0 Å². The van der Waals surface area contributed by atoms with Gasteiger partial charge in [-0.25, -0.2) is 0 Å². The molecule has 0 atom stereocenters. The zero-order valence-electron chi connectivity index (χ0n) is 5.55. The number of ether oxygens (including phenoxy) is 1. The minimum absolute atomic E-state index is 0.641. The van der Waals surface area contributed by atoms with Crippen LogP contribution in [0.25, 0.3) is 0 Å². The van der Waals surface area contributed by atoms with E-state index in [-0.39, 0.29) is 0 Å². The van der Waals surface area contributed by atoms with Gasteiger partial charge in [0, 0.05) is 6.54 Å². The molecule has 2 heterocycles. The van der Waals surface area contributed by atoms with E-state index in [4.69, 9.17) is 4.74 Å². The molecule has 4 heteroatoms. The van der Waals surface area contributed by atoms with E-state index in [2.05, 4.69) is 15.5 Å². The number of fused-ring (bicyclic) bond motifs is 1. The molecule has 0 fully saturated rings. The Balaban J connectivity index is 2.28. The first-order valence-corrected chi connectivity index (χ1v) is 3.30. The summed E-state index contributed by atoms with van der Waals surface area (Å²) >= 11 is 0. The van der Waals surface area contributed by atoms with E-state index in [9.17, 15) is 0 Å². The van der Waals surface area contributed by atoms with Crippen LogP contribution in [0.15, 0.2) is 6.20 Å². The molecule has 10 heavy (non-hydrogen) atoms. The number of nitrogens with zero attached hydrogens (tertiary/aromatic N) is 1. The highest BCUT2D eigenvalue weighted by Gasteiger charge is 2.07. The maximum Gasteiger partial charge on any atom is 0.0904 e. The van der Waals surface area contributed by atoms with Gasteiger partial charge in [-0.1, -0.05) is 0 Å². The molecule has 0 radical (unpaired) electrons. The van der Waals surface area contributed by atoms with Gasteiger partial charge in [0.2, 0.25) is 0 Å². The number of nitrogens with one attached hydrogen (secondary N) is 2. The summed E-state index contributed by atoms with van der Waals surface area (Å²) in [6.45, 7) is 2.28. The van der Waals surface area contributed by atoms with Gasteiger partial charge >= 0.3 is 0 Å². The van der Waals surface area contributed by atoms with Gasteiger partial charge in [0.25, 0.3) is 0 Å². The van der Waals surface area contributed by atoms with Crippen molar-refractivity contribution in [1.29, 1.82) is 0 Å². The first kappa shape index (κ1) is 5.73. The van der Waals surface area contributed by atoms with Gasteiger partial charge in [0.1, 0.15) is 0 Å². The second-order valence-corrected chi connectivity index (χ2v) is 2.24. The molecule has 1 aliphatic rings. The summed E-state index contributed by atoms with van der Waals surface area (Å²) in [7, 11) is 0. The van der Waals surface area contributed by atoms with Crippen LogP contribution in [0.5, 0.6) is 0 Å². The van der Waals surface area contributed by atoms with E-state index in [0.717, 1.165) is 24.5 Å². The fourth-order valence-electron chi connectivity index (χ4n) is 1.01. The predicted octanol–water partition coefficient (Wildman–Crippen LogP) is 0.352. The zero-order valence-corrected chi connectivity index (χ0v) is 5.55. The summed E-state index contributed by atoms with van der Waals surface area (Å²) in [6.07, 6.45) is 1.78. The SMILES string of the molecule is c1n[nH]c2c1NCCOC2. The molecular formula is C6H9N3O. The summed E-state index contributed by atoms with van der Waals surface area (Å²) < 4.78 is 5.25. The molecule has 0 saturated carbocycles. The van der Waals surface area contributed by atoms with Crippen LogP contribution in [-0.2, 0) is 11.3 Å². The number of rotatable bonds is 0. The molecular weight excluding hydrogens is 130 g/mol. The average molecular weight is 139 g/mol. The second-order valence-electron chi connectivity index (χ2n) is 2.24. The molecule has 0 aromatic carbocycles. The quantitative estimate of drug-likeness (QED) is 0.545. The van der Waals surface area contributed by atoms with E-state index in [0.29, 0.717) is 6.61 Å². The largest absolute Gasteiger partial charge is 0.380 e. The van der Waals surface area contributed by atoms with Crippen molar-refractivity contribution in [3.8, 4) is 0 Å². The third-order valence-corrected chi connectivity index (χ3v) is 1.53. The predicted molar refractivity (Wildman–Crippen MR) is 36.7 cm³/mol. The van der Waals surface area contributed by atoms with Gasteiger partial charge in [-0.05, 0) is 0 Å². The van der Waals surface area contributed by atoms with Crippen LogP contribution in [0.2, 0.25) is 0 Å². The maximum absolute atomic E-state index is 5.25. The lowest BCUT2D eigenvalue weighted by atomic mass is 10.4. The van der Waals surface area contributed by atoms with Gasteiger partial charge < -0.3 is 10.1 Å². The summed E-state index contributed by atoms with van der Waals surface area (Å²) in [6, 6.07) is 0. The monoisotopic (exact) mass is 139 g/mol. The van der Waals surface area contributed by atoms with Crippen molar-refractivity contribution >= 4 is 5.69 Å². The average Bonchev–Trinajstić information content (AvgIpc) is 2.28. The van der Waals surface area contributed by atoms with Crippen molar-refractivity contribution < 1.29 is 4.74 Å². The molecule has 1 aromatic heterocycles. The number of hydrogen-bond donors (Lipinski definition) is 2. The Morgan fingerprint density at radius 2 is 2.60 bits per heavy atom. The molecule has 4 nitrogen and oxygen atoms in total. The summed E-state index contributed by atoms with van der Waals surface area (Å²) in [5, 5.41) is 9.92. The van der Waals surface area contributed by atoms with E-state index in [1.54, 1.807) is 6.20 Å². The Morgan fingerprint density at radius 3 is 3.60 bits per heavy atom. The van der Waals surface area contributed by atoms with E-state index in [1.807, 2.05) is 0 Å². The van der Waals surface area contributed by atoms with Crippen molar-refractivity contribution in [3.05, 3.63) is 11.9 Å². The van der Waals surface area contributed by atoms with Gasteiger partial charge in [-0.15, -0.1) is 0 Å². The van der Waals surface area contributed by atoms with Crippen molar-refractivity contribution in [2.45, 2.75) is 6.61 Å². The highest BCUT2D eigenvalue weighted by Crippen LogP contribution is 2.13. The topological polar surface area (TPSA) is 49.9 Å². The Morgan fingerprint density at radius 1 is 1.60 bits per heavy atom. The summed E-state index contributed by atoms with van der Waals surface area (Å²) in [4.78, 5) is 0. The number of hydrogen-bond acceptors (Lipinski definition) is 3. The minimum Gasteiger partial charge on any atom is -0.380 e. The third-order valence-electron chi connectivity index (χ3n) is 1.53. The third kappa shape index (κ3) is 0.863. The molecule has 0 bridgehead atoms. The maximum atomic E-state index is 5.25. The smallest absolute Gasteiger partial charge is 0.0904 e. The summed E-state index contributed by atoms with van der Waals surface area (Å²) in [5.74, 6) is 0. The molecule has 2 rings (SSSR count). The fourth-order valence-corrected chi connectivity index (χ4v) is 1.01. The Hall–Kier alpha value is -1.03. The van der Waals surface area contributed by atoms with Crippen molar-refractivity contribution in [2.75, 3.05) is 18.5 Å². The number of H-pyrrole nitrogens is 1. The van der Waals surface area contributed by atoms with Crippen LogP contribution in [0.4, 0.5) is 5.69 Å². The van der Waals surface area contributed by atoms with Gasteiger partial charge in [0.05, 0.1) is 30.8 Å². The Kier molecular flexibility index (Phi) is 1.32. The van der Waals surface area contributed by atoms with Crippen LogP contribution in [0, 0.1) is 0 Å². The van der Waals surface area contributed by atoms with Crippen LogP contribution < -0.4 is 5.32 Å². The Labute approximate surface area is 58.6 Å². The molecule has 1 aromatic rings. The molecule has 0 amide bonds. The minimum atomic E-state index is 0.641. The molecule has 1 aliphatic heterocycles. The first-order chi connectivity index (χ1) is 4.97. The Bertz CT molecular complexity index is 200. The highest BCUT2D eigenvalue weighted by atomic mass is 16.5. The lowest BCUT2D eigenvalue weighted by Gasteiger charge is -1.95. The van der Waals surface area contributed by atoms with Crippen LogP contribution in [0.3, 0.4) is 0 Å². The molecule has 0 spiro atoms.